The summed E-state index contributed by atoms with van der Waals surface area (Å²) >= 11 is 0. The molecule has 0 aliphatic rings. The van der Waals surface area contributed by atoms with Crippen LogP contribution >= 0.6 is 24.8 Å². The predicted octanol–water partition coefficient (Wildman–Crippen LogP) is 3.71. The Morgan fingerprint density at radius 3 is 2.52 bits per heavy atom. The molecular formula is C15H16Cl2FN3. The van der Waals surface area contributed by atoms with Gasteiger partial charge >= 0.3 is 0 Å². The Labute approximate surface area is 134 Å². The number of rotatable bonds is 3. The molecule has 0 fully saturated rings. The van der Waals surface area contributed by atoms with Crippen molar-refractivity contribution in [2.24, 2.45) is 5.73 Å². The van der Waals surface area contributed by atoms with Gasteiger partial charge in [0.15, 0.2) is 0 Å². The van der Waals surface area contributed by atoms with Crippen LogP contribution in [-0.4, -0.2) is 16.5 Å². The second-order valence-corrected chi connectivity index (χ2v) is 4.46. The molecule has 0 spiro atoms. The fourth-order valence-corrected chi connectivity index (χ4v) is 2.17. The van der Waals surface area contributed by atoms with Gasteiger partial charge in [0.05, 0.1) is 11.0 Å². The number of hydrogen-bond acceptors (Lipinski definition) is 2. The molecule has 0 saturated carbocycles. The van der Waals surface area contributed by atoms with Crippen molar-refractivity contribution in [1.82, 2.24) is 9.97 Å². The minimum atomic E-state index is -0.231. The molecule has 1 aromatic heterocycles. The van der Waals surface area contributed by atoms with E-state index in [2.05, 4.69) is 9.97 Å². The van der Waals surface area contributed by atoms with Crippen LogP contribution in [0, 0.1) is 5.82 Å². The lowest BCUT2D eigenvalue weighted by atomic mass is 10.1. The van der Waals surface area contributed by atoms with Gasteiger partial charge in [-0.2, -0.15) is 0 Å². The fourth-order valence-electron chi connectivity index (χ4n) is 2.17. The number of nitrogens with two attached hydrogens (primary N) is 1. The van der Waals surface area contributed by atoms with E-state index < -0.39 is 0 Å². The molecule has 0 atom stereocenters. The van der Waals surface area contributed by atoms with Gasteiger partial charge in [-0.25, -0.2) is 9.37 Å². The van der Waals surface area contributed by atoms with E-state index >= 15 is 0 Å². The highest BCUT2D eigenvalue weighted by Gasteiger charge is 2.05. The Morgan fingerprint density at radius 1 is 1.05 bits per heavy atom. The van der Waals surface area contributed by atoms with Crippen molar-refractivity contribution in [2.75, 3.05) is 6.54 Å². The van der Waals surface area contributed by atoms with Crippen molar-refractivity contribution in [3.05, 3.63) is 54.1 Å². The molecule has 0 saturated heterocycles. The van der Waals surface area contributed by atoms with Crippen molar-refractivity contribution in [1.29, 1.82) is 0 Å². The quantitative estimate of drug-likeness (QED) is 0.770. The lowest BCUT2D eigenvalue weighted by molar-refractivity contribution is 0.628. The zero-order chi connectivity index (χ0) is 13.2. The molecular weight excluding hydrogens is 312 g/mol. The summed E-state index contributed by atoms with van der Waals surface area (Å²) in [6.45, 7) is 0.566. The summed E-state index contributed by atoms with van der Waals surface area (Å²) in [5.41, 5.74) is 9.20. The molecule has 0 unspecified atom stereocenters. The summed E-state index contributed by atoms with van der Waals surface area (Å²) < 4.78 is 13.2. The molecule has 3 nitrogen and oxygen atoms in total. The maximum Gasteiger partial charge on any atom is 0.123 e. The number of nitrogens with one attached hydrogen (secondary N) is 1. The van der Waals surface area contributed by atoms with Gasteiger partial charge < -0.3 is 10.7 Å². The monoisotopic (exact) mass is 327 g/mol. The lowest BCUT2D eigenvalue weighted by Crippen LogP contribution is -2.03. The van der Waals surface area contributed by atoms with Gasteiger partial charge in [0, 0.05) is 6.42 Å². The van der Waals surface area contributed by atoms with Crippen LogP contribution in [-0.2, 0) is 6.42 Å². The number of fused-ring (bicyclic) bond motifs is 1. The van der Waals surface area contributed by atoms with Crippen LogP contribution in [0.4, 0.5) is 4.39 Å². The summed E-state index contributed by atoms with van der Waals surface area (Å²) in [7, 11) is 0. The number of aromatic nitrogens is 2. The summed E-state index contributed by atoms with van der Waals surface area (Å²) in [5.74, 6) is 0.653. The number of nitrogens with zero attached hydrogens (tertiary/aromatic N) is 1. The first kappa shape index (κ1) is 17.4. The highest BCUT2D eigenvalue weighted by atomic mass is 35.5. The highest BCUT2D eigenvalue weighted by Crippen LogP contribution is 2.24. The molecule has 0 aliphatic carbocycles. The maximum absolute atomic E-state index is 13.2. The van der Waals surface area contributed by atoms with E-state index in [4.69, 9.17) is 5.73 Å². The van der Waals surface area contributed by atoms with Crippen molar-refractivity contribution >= 4 is 35.8 Å². The van der Waals surface area contributed by atoms with Crippen LogP contribution in [0.25, 0.3) is 22.2 Å². The van der Waals surface area contributed by atoms with E-state index in [1.54, 1.807) is 6.07 Å². The average Bonchev–Trinajstić information content (AvgIpc) is 2.80. The molecule has 21 heavy (non-hydrogen) atoms. The number of aromatic amines is 1. The van der Waals surface area contributed by atoms with Gasteiger partial charge in [-0.1, -0.05) is 18.2 Å². The molecule has 3 N–H and O–H groups in total. The van der Waals surface area contributed by atoms with Gasteiger partial charge in [0.2, 0.25) is 0 Å². The summed E-state index contributed by atoms with van der Waals surface area (Å²) in [6, 6.07) is 12.4. The zero-order valence-electron chi connectivity index (χ0n) is 11.2. The number of benzene rings is 2. The van der Waals surface area contributed by atoms with Crippen LogP contribution in [0.2, 0.25) is 0 Å². The highest BCUT2D eigenvalue weighted by molar-refractivity contribution is 5.85. The Balaban J connectivity index is 0.00000110. The molecule has 0 bridgehead atoms. The first-order valence-electron chi connectivity index (χ1n) is 6.21. The average molecular weight is 328 g/mol. The van der Waals surface area contributed by atoms with Crippen molar-refractivity contribution < 1.29 is 4.39 Å². The first-order chi connectivity index (χ1) is 9.26. The van der Waals surface area contributed by atoms with E-state index in [-0.39, 0.29) is 30.6 Å². The molecule has 2 aromatic carbocycles. The molecule has 3 rings (SSSR count). The van der Waals surface area contributed by atoms with Gasteiger partial charge in [0.1, 0.15) is 11.6 Å². The standard InChI is InChI=1S/C15H14FN3.2ClH/c16-12-3-1-2-10(8-12)11-4-5-13-14(9-11)19-15(18-13)6-7-17;;/h1-5,8-9H,6-7,17H2,(H,18,19);2*1H. The summed E-state index contributed by atoms with van der Waals surface area (Å²) in [4.78, 5) is 7.68. The van der Waals surface area contributed by atoms with Crippen LogP contribution in [0.15, 0.2) is 42.5 Å². The molecule has 6 heteroatoms. The van der Waals surface area contributed by atoms with Gasteiger partial charge in [0.25, 0.3) is 0 Å². The van der Waals surface area contributed by atoms with E-state index in [1.165, 1.54) is 12.1 Å². The largest absolute Gasteiger partial charge is 0.342 e. The normalized spacial score (nSPS) is 10.0. The molecule has 1 heterocycles. The number of halogens is 3. The Bertz CT molecular complexity index is 728. The van der Waals surface area contributed by atoms with Crippen LogP contribution < -0.4 is 5.73 Å². The second kappa shape index (κ2) is 7.41. The zero-order valence-corrected chi connectivity index (χ0v) is 12.8. The SMILES string of the molecule is Cl.Cl.NCCc1nc2ccc(-c3cccc(F)c3)cc2[nH]1. The number of H-pyrrole nitrogens is 1. The third-order valence-electron chi connectivity index (χ3n) is 3.07. The maximum atomic E-state index is 13.2. The van der Waals surface area contributed by atoms with Crippen molar-refractivity contribution in [2.45, 2.75) is 6.42 Å². The van der Waals surface area contributed by atoms with Crippen LogP contribution in [0.1, 0.15) is 5.82 Å². The minimum absolute atomic E-state index is 0. The Hall–Kier alpha value is -1.62. The number of hydrogen-bond donors (Lipinski definition) is 2. The van der Waals surface area contributed by atoms with Crippen LogP contribution in [0.5, 0.6) is 0 Å². The van der Waals surface area contributed by atoms with Crippen molar-refractivity contribution in [3.8, 4) is 11.1 Å². The Morgan fingerprint density at radius 2 is 1.81 bits per heavy atom. The van der Waals surface area contributed by atoms with Gasteiger partial charge in [-0.3, -0.25) is 0 Å². The van der Waals surface area contributed by atoms with E-state index in [9.17, 15) is 4.39 Å². The second-order valence-electron chi connectivity index (χ2n) is 4.46. The minimum Gasteiger partial charge on any atom is -0.342 e. The smallest absolute Gasteiger partial charge is 0.123 e. The van der Waals surface area contributed by atoms with Gasteiger partial charge in [-0.15, -0.1) is 24.8 Å². The third kappa shape index (κ3) is 3.73. The van der Waals surface area contributed by atoms with Crippen LogP contribution in [0.3, 0.4) is 0 Å². The van der Waals surface area contributed by atoms with E-state index in [0.29, 0.717) is 6.54 Å². The van der Waals surface area contributed by atoms with Gasteiger partial charge in [-0.05, 0) is 41.9 Å². The first-order valence-corrected chi connectivity index (χ1v) is 6.21. The van der Waals surface area contributed by atoms with E-state index in [0.717, 1.165) is 34.4 Å². The summed E-state index contributed by atoms with van der Waals surface area (Å²) in [6.07, 6.45) is 0.726. The van der Waals surface area contributed by atoms with Crippen molar-refractivity contribution in [3.63, 3.8) is 0 Å². The third-order valence-corrected chi connectivity index (χ3v) is 3.07. The van der Waals surface area contributed by atoms with E-state index in [1.807, 2.05) is 24.3 Å². The summed E-state index contributed by atoms with van der Waals surface area (Å²) in [5, 5.41) is 0. The Kier molecular flexibility index (Phi) is 6.15. The number of imidazole rings is 1. The topological polar surface area (TPSA) is 54.7 Å². The molecule has 0 radical (unpaired) electrons. The molecule has 112 valence electrons. The molecule has 0 aliphatic heterocycles. The molecule has 0 amide bonds. The fraction of sp³-hybridized carbons (Fsp3) is 0.133. The molecule has 3 aromatic rings. The predicted molar refractivity (Wildman–Crippen MR) is 88.7 cm³/mol. The lowest BCUT2D eigenvalue weighted by Gasteiger charge is -2.01.